The van der Waals surface area contributed by atoms with E-state index in [-0.39, 0.29) is 30.6 Å². The van der Waals surface area contributed by atoms with Crippen LogP contribution >= 0.6 is 0 Å². The highest BCUT2D eigenvalue weighted by Crippen LogP contribution is 2.41. The zero-order chi connectivity index (χ0) is 23.8. The number of aromatic nitrogens is 3. The van der Waals surface area contributed by atoms with Crippen molar-refractivity contribution in [2.24, 2.45) is 11.8 Å². The molecule has 2 aromatic carbocycles. The van der Waals surface area contributed by atoms with E-state index in [2.05, 4.69) is 23.2 Å². The minimum atomic E-state index is -0.419. The summed E-state index contributed by atoms with van der Waals surface area (Å²) in [7, 11) is 0. The molecule has 1 atom stereocenters. The molecule has 0 aliphatic heterocycles. The van der Waals surface area contributed by atoms with Crippen molar-refractivity contribution in [1.29, 1.82) is 0 Å². The van der Waals surface area contributed by atoms with Gasteiger partial charge < -0.3 is 5.11 Å². The molecule has 1 aliphatic rings. The first-order valence-electron chi connectivity index (χ1n) is 11.8. The molecular formula is C28H28FN3O2. The van der Waals surface area contributed by atoms with Crippen molar-refractivity contribution < 1.29 is 14.3 Å². The standard InChI is InChI=1S/C28H28FN3O2/c1-17(2)22(16-33)14-26(34)20-8-10-24-25(13-20)32(27-11-9-23(29)15-30-27)31-28(24)21-5-3-4-19(12-21)18-6-7-18/h3-5,8-13,15,17-18,22,33H,6-7,14,16H2,1-2H3/t22-/m1/s1. The number of halogens is 1. The number of ketones is 1. The number of aliphatic hydroxyl groups excluding tert-OH is 1. The van der Waals surface area contributed by atoms with Crippen LogP contribution in [0.25, 0.3) is 28.0 Å². The van der Waals surface area contributed by atoms with E-state index in [4.69, 9.17) is 5.10 Å². The average Bonchev–Trinajstić information content (AvgIpc) is 3.63. The summed E-state index contributed by atoms with van der Waals surface area (Å²) in [6.45, 7) is 3.99. The van der Waals surface area contributed by atoms with Crippen molar-refractivity contribution in [2.75, 3.05) is 6.61 Å². The molecule has 0 radical (unpaired) electrons. The lowest BCUT2D eigenvalue weighted by atomic mass is 9.89. The van der Waals surface area contributed by atoms with Gasteiger partial charge in [0.05, 0.1) is 11.7 Å². The predicted octanol–water partition coefficient (Wildman–Crippen LogP) is 5.94. The number of hydrogen-bond donors (Lipinski definition) is 1. The van der Waals surface area contributed by atoms with Crippen molar-refractivity contribution in [3.8, 4) is 17.1 Å². The summed E-state index contributed by atoms with van der Waals surface area (Å²) < 4.78 is 15.2. The lowest BCUT2D eigenvalue weighted by Gasteiger charge is -2.17. The molecule has 2 aromatic heterocycles. The number of hydrogen-bond acceptors (Lipinski definition) is 4. The third-order valence-corrected chi connectivity index (χ3v) is 6.77. The second kappa shape index (κ2) is 9.11. The van der Waals surface area contributed by atoms with E-state index in [9.17, 15) is 14.3 Å². The van der Waals surface area contributed by atoms with Crippen LogP contribution in [0.15, 0.2) is 60.8 Å². The van der Waals surface area contributed by atoms with Gasteiger partial charge in [0.25, 0.3) is 0 Å². The van der Waals surface area contributed by atoms with Gasteiger partial charge in [-0.1, -0.05) is 38.1 Å². The Hall–Kier alpha value is -3.38. The van der Waals surface area contributed by atoms with Gasteiger partial charge in [0.1, 0.15) is 11.5 Å². The molecule has 5 nitrogen and oxygen atoms in total. The van der Waals surface area contributed by atoms with E-state index >= 15 is 0 Å². The summed E-state index contributed by atoms with van der Waals surface area (Å²) in [5.41, 5.74) is 4.43. The maximum atomic E-state index is 13.5. The Morgan fingerprint density at radius 3 is 2.65 bits per heavy atom. The molecule has 2 heterocycles. The van der Waals surface area contributed by atoms with E-state index < -0.39 is 5.82 Å². The van der Waals surface area contributed by atoms with Gasteiger partial charge in [0, 0.05) is 29.5 Å². The minimum Gasteiger partial charge on any atom is -0.396 e. The van der Waals surface area contributed by atoms with Gasteiger partial charge in [-0.2, -0.15) is 5.10 Å². The van der Waals surface area contributed by atoms with Crippen molar-refractivity contribution in [3.63, 3.8) is 0 Å². The molecule has 1 aliphatic carbocycles. The van der Waals surface area contributed by atoms with E-state index in [0.29, 0.717) is 17.3 Å². The number of rotatable bonds is 8. The SMILES string of the molecule is CC(C)[C@@H](CO)CC(=O)c1ccc2c(-c3cccc(C4CC4)c3)nn(-c3ccc(F)cn3)c2c1. The van der Waals surface area contributed by atoms with Crippen LogP contribution in [-0.2, 0) is 0 Å². The van der Waals surface area contributed by atoms with Crippen LogP contribution in [0.3, 0.4) is 0 Å². The van der Waals surface area contributed by atoms with Gasteiger partial charge >= 0.3 is 0 Å². The molecule has 1 N–H and O–H groups in total. The number of benzene rings is 2. The normalized spacial score (nSPS) is 14.6. The fourth-order valence-electron chi connectivity index (χ4n) is 4.39. The molecule has 1 saturated carbocycles. The summed E-state index contributed by atoms with van der Waals surface area (Å²) in [6, 6.07) is 17.0. The summed E-state index contributed by atoms with van der Waals surface area (Å²) in [6.07, 6.45) is 3.88. The van der Waals surface area contributed by atoms with Crippen LogP contribution < -0.4 is 0 Å². The van der Waals surface area contributed by atoms with Crippen LogP contribution in [0, 0.1) is 17.7 Å². The maximum absolute atomic E-state index is 13.5. The first-order chi connectivity index (χ1) is 16.4. The molecule has 0 amide bonds. The van der Waals surface area contributed by atoms with Gasteiger partial charge in [0.2, 0.25) is 0 Å². The number of pyridine rings is 1. The molecule has 6 heteroatoms. The predicted molar refractivity (Wildman–Crippen MR) is 131 cm³/mol. The van der Waals surface area contributed by atoms with Gasteiger partial charge in [0.15, 0.2) is 11.6 Å². The van der Waals surface area contributed by atoms with Crippen LogP contribution in [0.2, 0.25) is 0 Å². The number of carbonyl (C=O) groups is 1. The minimum absolute atomic E-state index is 0.0215. The molecule has 174 valence electrons. The lowest BCUT2D eigenvalue weighted by molar-refractivity contribution is 0.0907. The summed E-state index contributed by atoms with van der Waals surface area (Å²) in [5, 5.41) is 15.4. The Kier molecular flexibility index (Phi) is 6.00. The van der Waals surface area contributed by atoms with Crippen molar-refractivity contribution >= 4 is 16.7 Å². The van der Waals surface area contributed by atoms with Gasteiger partial charge in [-0.25, -0.2) is 14.1 Å². The maximum Gasteiger partial charge on any atom is 0.163 e. The Morgan fingerprint density at radius 2 is 1.97 bits per heavy atom. The fraction of sp³-hybridized carbons (Fsp3) is 0.321. The van der Waals surface area contributed by atoms with Crippen molar-refractivity contribution in [1.82, 2.24) is 14.8 Å². The topological polar surface area (TPSA) is 68.0 Å². The molecule has 0 unspecified atom stereocenters. The van der Waals surface area contributed by atoms with Crippen molar-refractivity contribution in [2.45, 2.75) is 39.0 Å². The average molecular weight is 458 g/mol. The number of aliphatic hydroxyl groups is 1. The van der Waals surface area contributed by atoms with Gasteiger partial charge in [-0.3, -0.25) is 4.79 Å². The quantitative estimate of drug-likeness (QED) is 0.333. The van der Waals surface area contributed by atoms with Crippen LogP contribution in [0.4, 0.5) is 4.39 Å². The Labute approximate surface area is 198 Å². The third kappa shape index (κ3) is 4.38. The molecule has 0 saturated heterocycles. The molecule has 1 fully saturated rings. The van der Waals surface area contributed by atoms with E-state index in [0.717, 1.165) is 22.2 Å². The Morgan fingerprint density at radius 1 is 1.15 bits per heavy atom. The summed E-state index contributed by atoms with van der Waals surface area (Å²) >= 11 is 0. The van der Waals surface area contributed by atoms with Crippen LogP contribution in [-0.4, -0.2) is 32.3 Å². The van der Waals surface area contributed by atoms with E-state index in [1.54, 1.807) is 10.7 Å². The number of carbonyl (C=O) groups excluding carboxylic acids is 1. The molecule has 0 spiro atoms. The Balaban J connectivity index is 1.62. The Bertz CT molecular complexity index is 1340. The number of Topliss-reactive ketones (excluding diaryl/α,β-unsaturated/α-hetero) is 1. The first-order valence-corrected chi connectivity index (χ1v) is 11.8. The molecule has 34 heavy (non-hydrogen) atoms. The summed E-state index contributed by atoms with van der Waals surface area (Å²) in [5.74, 6) is 0.779. The van der Waals surface area contributed by atoms with Crippen molar-refractivity contribution in [3.05, 3.63) is 77.7 Å². The third-order valence-electron chi connectivity index (χ3n) is 6.77. The highest BCUT2D eigenvalue weighted by Gasteiger charge is 2.25. The van der Waals surface area contributed by atoms with Crippen LogP contribution in [0.5, 0.6) is 0 Å². The smallest absolute Gasteiger partial charge is 0.163 e. The lowest BCUT2D eigenvalue weighted by Crippen LogP contribution is -2.18. The number of nitrogens with zero attached hydrogens (tertiary/aromatic N) is 3. The van der Waals surface area contributed by atoms with E-state index in [1.807, 2.05) is 38.1 Å². The first kappa shape index (κ1) is 22.4. The number of fused-ring (bicyclic) bond motifs is 1. The largest absolute Gasteiger partial charge is 0.396 e. The molecule has 5 rings (SSSR count). The monoisotopic (exact) mass is 457 g/mol. The molecule has 4 aromatic rings. The van der Waals surface area contributed by atoms with Crippen LogP contribution in [0.1, 0.15) is 54.9 Å². The summed E-state index contributed by atoms with van der Waals surface area (Å²) in [4.78, 5) is 17.3. The highest BCUT2D eigenvalue weighted by atomic mass is 19.1. The van der Waals surface area contributed by atoms with E-state index in [1.165, 1.54) is 30.7 Å². The van der Waals surface area contributed by atoms with Gasteiger partial charge in [-0.05, 0) is 66.5 Å². The zero-order valence-electron chi connectivity index (χ0n) is 19.4. The fourth-order valence-corrected chi connectivity index (χ4v) is 4.39. The molecule has 0 bridgehead atoms. The van der Waals surface area contributed by atoms with Gasteiger partial charge in [-0.15, -0.1) is 0 Å². The highest BCUT2D eigenvalue weighted by molar-refractivity contribution is 6.02. The second-order valence-corrected chi connectivity index (χ2v) is 9.54. The molecular weight excluding hydrogens is 429 g/mol. The second-order valence-electron chi connectivity index (χ2n) is 9.54. The zero-order valence-corrected chi connectivity index (χ0v) is 19.4.